The van der Waals surface area contributed by atoms with E-state index in [0.29, 0.717) is 11.5 Å². The minimum absolute atomic E-state index is 0.481. The van der Waals surface area contributed by atoms with Gasteiger partial charge in [-0.2, -0.15) is 0 Å². The average molecular weight is 168 g/mol. The van der Waals surface area contributed by atoms with Crippen LogP contribution in [0.15, 0.2) is 0 Å². The minimum Gasteiger partial charge on any atom is -0.327 e. The van der Waals surface area contributed by atoms with Crippen LogP contribution in [-0.4, -0.2) is 19.1 Å². The molecule has 70 valence electrons. The van der Waals surface area contributed by atoms with Gasteiger partial charge in [0, 0.05) is 6.04 Å². The van der Waals surface area contributed by atoms with Gasteiger partial charge in [-0.05, 0) is 50.1 Å². The Morgan fingerprint density at radius 1 is 1.33 bits per heavy atom. The van der Waals surface area contributed by atoms with Crippen molar-refractivity contribution in [3.8, 4) is 0 Å². The largest absolute Gasteiger partial charge is 0.327 e. The molecule has 0 radical (unpaired) electrons. The molecule has 2 rings (SSSR count). The van der Waals surface area contributed by atoms with Crippen molar-refractivity contribution in [2.45, 2.75) is 38.6 Å². The van der Waals surface area contributed by atoms with Crippen LogP contribution in [0, 0.1) is 11.3 Å². The fraction of sp³-hybridized carbons (Fsp3) is 1.00. The highest BCUT2D eigenvalue weighted by atomic mass is 14.9. The molecule has 1 saturated carbocycles. The molecule has 1 aliphatic carbocycles. The standard InChI is InChI=1S/C10H20N2/c1-8-6-9(11)10(7-8)2-4-12-5-3-10/h8-9,12H,2-7,11H2,1H3/t8-,9-/m1/s1. The van der Waals surface area contributed by atoms with Crippen molar-refractivity contribution < 1.29 is 0 Å². The van der Waals surface area contributed by atoms with Crippen LogP contribution in [0.5, 0.6) is 0 Å². The molecule has 0 unspecified atom stereocenters. The summed E-state index contributed by atoms with van der Waals surface area (Å²) < 4.78 is 0. The van der Waals surface area contributed by atoms with Gasteiger partial charge < -0.3 is 11.1 Å². The fourth-order valence-electron chi connectivity index (χ4n) is 3.11. The number of nitrogens with two attached hydrogens (primary N) is 1. The van der Waals surface area contributed by atoms with Crippen LogP contribution in [0.2, 0.25) is 0 Å². The van der Waals surface area contributed by atoms with Crippen LogP contribution in [0.3, 0.4) is 0 Å². The van der Waals surface area contributed by atoms with Crippen molar-refractivity contribution in [3.63, 3.8) is 0 Å². The first kappa shape index (κ1) is 8.52. The maximum absolute atomic E-state index is 6.21. The first-order chi connectivity index (χ1) is 5.73. The second-order valence-corrected chi connectivity index (χ2v) is 4.76. The molecular formula is C10H20N2. The van der Waals surface area contributed by atoms with Crippen LogP contribution in [-0.2, 0) is 0 Å². The van der Waals surface area contributed by atoms with Crippen LogP contribution in [0.4, 0.5) is 0 Å². The van der Waals surface area contributed by atoms with Crippen molar-refractivity contribution in [1.82, 2.24) is 5.32 Å². The average Bonchev–Trinajstić information content (AvgIpc) is 2.29. The number of piperidine rings is 1. The number of rotatable bonds is 0. The van der Waals surface area contributed by atoms with Crippen molar-refractivity contribution in [1.29, 1.82) is 0 Å². The molecule has 2 heteroatoms. The van der Waals surface area contributed by atoms with Gasteiger partial charge in [0.2, 0.25) is 0 Å². The first-order valence-corrected chi connectivity index (χ1v) is 5.19. The molecular weight excluding hydrogens is 148 g/mol. The SMILES string of the molecule is C[C@@H]1C[C@@H](N)C2(CCNCC2)C1. The molecule has 12 heavy (non-hydrogen) atoms. The predicted octanol–water partition coefficient (Wildman–Crippen LogP) is 1.11. The van der Waals surface area contributed by atoms with E-state index in [4.69, 9.17) is 5.73 Å². The van der Waals surface area contributed by atoms with Gasteiger partial charge in [0.05, 0.1) is 0 Å². The Morgan fingerprint density at radius 3 is 2.50 bits per heavy atom. The summed E-state index contributed by atoms with van der Waals surface area (Å²) in [6.45, 7) is 4.71. The zero-order valence-corrected chi connectivity index (χ0v) is 7.97. The third kappa shape index (κ3) is 1.27. The molecule has 2 fully saturated rings. The summed E-state index contributed by atoms with van der Waals surface area (Å²) >= 11 is 0. The predicted molar refractivity (Wildman–Crippen MR) is 50.9 cm³/mol. The molecule has 0 bridgehead atoms. The smallest absolute Gasteiger partial charge is 0.00991 e. The van der Waals surface area contributed by atoms with E-state index in [2.05, 4.69) is 12.2 Å². The van der Waals surface area contributed by atoms with Gasteiger partial charge in [-0.3, -0.25) is 0 Å². The third-order valence-corrected chi connectivity index (χ3v) is 3.80. The molecule has 1 spiro atoms. The minimum atomic E-state index is 0.481. The Hall–Kier alpha value is -0.0800. The lowest BCUT2D eigenvalue weighted by atomic mass is 9.74. The van der Waals surface area contributed by atoms with Gasteiger partial charge >= 0.3 is 0 Å². The number of nitrogens with one attached hydrogen (secondary N) is 1. The van der Waals surface area contributed by atoms with Crippen molar-refractivity contribution in [3.05, 3.63) is 0 Å². The quantitative estimate of drug-likeness (QED) is 0.568. The van der Waals surface area contributed by atoms with E-state index in [1.165, 1.54) is 38.8 Å². The zero-order chi connectivity index (χ0) is 8.60. The Balaban J connectivity index is 2.08. The van der Waals surface area contributed by atoms with Gasteiger partial charge in [-0.1, -0.05) is 6.92 Å². The molecule has 0 amide bonds. The molecule has 1 saturated heterocycles. The van der Waals surface area contributed by atoms with Gasteiger partial charge in [-0.25, -0.2) is 0 Å². The third-order valence-electron chi connectivity index (χ3n) is 3.80. The van der Waals surface area contributed by atoms with E-state index < -0.39 is 0 Å². The normalized spacial score (nSPS) is 40.5. The van der Waals surface area contributed by atoms with E-state index >= 15 is 0 Å². The second-order valence-electron chi connectivity index (χ2n) is 4.76. The highest BCUT2D eigenvalue weighted by Gasteiger charge is 2.44. The van der Waals surface area contributed by atoms with Crippen LogP contribution in [0.1, 0.15) is 32.6 Å². The first-order valence-electron chi connectivity index (χ1n) is 5.19. The van der Waals surface area contributed by atoms with E-state index in [0.717, 1.165) is 5.92 Å². The van der Waals surface area contributed by atoms with Gasteiger partial charge in [0.25, 0.3) is 0 Å². The molecule has 0 aromatic rings. The van der Waals surface area contributed by atoms with E-state index in [1.807, 2.05) is 0 Å². The fourth-order valence-corrected chi connectivity index (χ4v) is 3.11. The second kappa shape index (κ2) is 3.00. The molecule has 3 N–H and O–H groups in total. The monoisotopic (exact) mass is 168 g/mol. The molecule has 2 aliphatic rings. The van der Waals surface area contributed by atoms with E-state index in [-0.39, 0.29) is 0 Å². The van der Waals surface area contributed by atoms with Gasteiger partial charge in [0.15, 0.2) is 0 Å². The topological polar surface area (TPSA) is 38.0 Å². The lowest BCUT2D eigenvalue weighted by Crippen LogP contribution is -2.45. The Morgan fingerprint density at radius 2 is 2.00 bits per heavy atom. The summed E-state index contributed by atoms with van der Waals surface area (Å²) in [5.74, 6) is 0.859. The van der Waals surface area contributed by atoms with Crippen molar-refractivity contribution in [2.24, 2.45) is 17.1 Å². The summed E-state index contributed by atoms with van der Waals surface area (Å²) in [6.07, 6.45) is 5.23. The molecule has 1 heterocycles. The van der Waals surface area contributed by atoms with E-state index in [9.17, 15) is 0 Å². The van der Waals surface area contributed by atoms with Crippen molar-refractivity contribution >= 4 is 0 Å². The summed E-state index contributed by atoms with van der Waals surface area (Å²) in [5, 5.41) is 3.42. The van der Waals surface area contributed by atoms with Crippen LogP contribution >= 0.6 is 0 Å². The van der Waals surface area contributed by atoms with Crippen molar-refractivity contribution in [2.75, 3.05) is 13.1 Å². The maximum atomic E-state index is 6.21. The number of hydrogen-bond acceptors (Lipinski definition) is 2. The lowest BCUT2D eigenvalue weighted by molar-refractivity contribution is 0.179. The highest BCUT2D eigenvalue weighted by Crippen LogP contribution is 2.46. The Kier molecular flexibility index (Phi) is 2.13. The lowest BCUT2D eigenvalue weighted by Gasteiger charge is -2.37. The molecule has 0 aromatic carbocycles. The van der Waals surface area contributed by atoms with E-state index in [1.54, 1.807) is 0 Å². The maximum Gasteiger partial charge on any atom is 0.00991 e. The Labute approximate surface area is 74.9 Å². The summed E-state index contributed by atoms with van der Waals surface area (Å²) in [7, 11) is 0. The van der Waals surface area contributed by atoms with Crippen LogP contribution in [0.25, 0.3) is 0 Å². The number of hydrogen-bond donors (Lipinski definition) is 2. The summed E-state index contributed by atoms with van der Waals surface area (Å²) in [5.41, 5.74) is 6.73. The zero-order valence-electron chi connectivity index (χ0n) is 7.97. The molecule has 1 aliphatic heterocycles. The van der Waals surface area contributed by atoms with Crippen LogP contribution < -0.4 is 11.1 Å². The van der Waals surface area contributed by atoms with Gasteiger partial charge in [0.1, 0.15) is 0 Å². The Bertz CT molecular complexity index is 161. The molecule has 0 aromatic heterocycles. The highest BCUT2D eigenvalue weighted by molar-refractivity contribution is 4.99. The molecule has 2 nitrogen and oxygen atoms in total. The summed E-state index contributed by atoms with van der Waals surface area (Å²) in [4.78, 5) is 0. The van der Waals surface area contributed by atoms with Gasteiger partial charge in [-0.15, -0.1) is 0 Å². The summed E-state index contributed by atoms with van der Waals surface area (Å²) in [6, 6.07) is 0.481. The molecule has 2 atom stereocenters.